The number of aromatic nitrogens is 1. The van der Waals surface area contributed by atoms with Crippen LogP contribution in [0.1, 0.15) is 11.1 Å². The fourth-order valence-electron chi connectivity index (χ4n) is 2.58. The second kappa shape index (κ2) is 6.48. The van der Waals surface area contributed by atoms with Gasteiger partial charge in [0.2, 0.25) is 0 Å². The van der Waals surface area contributed by atoms with Crippen molar-refractivity contribution in [1.29, 1.82) is 5.26 Å². The van der Waals surface area contributed by atoms with E-state index in [2.05, 4.69) is 4.98 Å². The Morgan fingerprint density at radius 2 is 1.69 bits per heavy atom. The van der Waals surface area contributed by atoms with Gasteiger partial charge in [0.25, 0.3) is 0 Å². The maximum absolute atomic E-state index is 14.0. The van der Waals surface area contributed by atoms with Crippen molar-refractivity contribution >= 4 is 5.82 Å². The topological polar surface area (TPSA) is 62.7 Å². The first kappa shape index (κ1) is 17.4. The molecule has 0 aliphatic rings. The summed E-state index contributed by atoms with van der Waals surface area (Å²) in [5, 5.41) is 9.34. The second-order valence-corrected chi connectivity index (χ2v) is 5.49. The monoisotopic (exact) mass is 357 g/mol. The van der Waals surface area contributed by atoms with Crippen LogP contribution in [0.5, 0.6) is 0 Å². The molecule has 0 aliphatic carbocycles. The number of halogens is 4. The lowest BCUT2D eigenvalue weighted by molar-refractivity contribution is -0.137. The number of anilines is 1. The molecule has 2 N–H and O–H groups in total. The van der Waals surface area contributed by atoms with E-state index in [1.54, 1.807) is 6.07 Å². The van der Waals surface area contributed by atoms with Gasteiger partial charge < -0.3 is 5.73 Å². The molecule has 0 saturated heterocycles. The third-order valence-corrected chi connectivity index (χ3v) is 3.81. The molecule has 0 radical (unpaired) electrons. The quantitative estimate of drug-likeness (QED) is 0.655. The molecule has 0 saturated carbocycles. The van der Waals surface area contributed by atoms with Crippen molar-refractivity contribution in [2.24, 2.45) is 0 Å². The van der Waals surface area contributed by atoms with Gasteiger partial charge in [0.15, 0.2) is 0 Å². The van der Waals surface area contributed by atoms with Crippen LogP contribution in [-0.4, -0.2) is 4.98 Å². The van der Waals surface area contributed by atoms with E-state index < -0.39 is 17.6 Å². The molecule has 7 heteroatoms. The van der Waals surface area contributed by atoms with Crippen molar-refractivity contribution in [2.75, 3.05) is 5.73 Å². The molecule has 3 aromatic rings. The van der Waals surface area contributed by atoms with Gasteiger partial charge in [-0.25, -0.2) is 9.37 Å². The first-order valence-corrected chi connectivity index (χ1v) is 7.44. The Balaban J connectivity index is 2.25. The van der Waals surface area contributed by atoms with E-state index in [1.807, 2.05) is 6.07 Å². The van der Waals surface area contributed by atoms with Gasteiger partial charge in [-0.3, -0.25) is 0 Å². The average Bonchev–Trinajstić information content (AvgIpc) is 2.61. The van der Waals surface area contributed by atoms with Gasteiger partial charge in [-0.2, -0.15) is 18.4 Å². The standard InChI is InChI=1S/C19H11F4N3/c20-16-7-2-1-6-13(16)17-9-14(15(10-24)18(25)26-17)11-4-3-5-12(8-11)19(21,22)23/h1-9H,(H2,25,26). The van der Waals surface area contributed by atoms with E-state index >= 15 is 0 Å². The molecular formula is C19H11F4N3. The molecule has 3 rings (SSSR count). The summed E-state index contributed by atoms with van der Waals surface area (Å²) in [5.74, 6) is -0.736. The van der Waals surface area contributed by atoms with Gasteiger partial charge in [-0.05, 0) is 35.9 Å². The molecule has 0 unspecified atom stereocenters. The summed E-state index contributed by atoms with van der Waals surface area (Å²) in [4.78, 5) is 4.03. The van der Waals surface area contributed by atoms with Crippen LogP contribution in [-0.2, 0) is 6.18 Å². The van der Waals surface area contributed by atoms with Gasteiger partial charge in [0.1, 0.15) is 23.3 Å². The SMILES string of the molecule is N#Cc1c(-c2cccc(C(F)(F)F)c2)cc(-c2ccccc2F)nc1N. The minimum absolute atomic E-state index is 0.0654. The zero-order valence-corrected chi connectivity index (χ0v) is 13.2. The summed E-state index contributed by atoms with van der Waals surface area (Å²) in [6, 6.07) is 13.5. The Hall–Kier alpha value is -3.40. The predicted molar refractivity (Wildman–Crippen MR) is 89.2 cm³/mol. The lowest BCUT2D eigenvalue weighted by atomic mass is 9.97. The lowest BCUT2D eigenvalue weighted by Crippen LogP contribution is -2.05. The molecule has 0 spiro atoms. The molecular weight excluding hydrogens is 346 g/mol. The van der Waals surface area contributed by atoms with Crippen molar-refractivity contribution in [3.05, 3.63) is 71.5 Å². The van der Waals surface area contributed by atoms with Gasteiger partial charge in [0, 0.05) is 11.1 Å². The zero-order chi connectivity index (χ0) is 18.9. The van der Waals surface area contributed by atoms with Crippen LogP contribution in [0.25, 0.3) is 22.4 Å². The minimum atomic E-state index is -4.53. The van der Waals surface area contributed by atoms with Gasteiger partial charge >= 0.3 is 6.18 Å². The number of nitrogens with two attached hydrogens (primary N) is 1. The van der Waals surface area contributed by atoms with Crippen molar-refractivity contribution in [3.8, 4) is 28.5 Å². The molecule has 0 bridgehead atoms. The van der Waals surface area contributed by atoms with Crippen LogP contribution in [0.4, 0.5) is 23.4 Å². The highest BCUT2D eigenvalue weighted by Crippen LogP contribution is 2.35. The van der Waals surface area contributed by atoms with Crippen LogP contribution < -0.4 is 5.73 Å². The number of nitriles is 1. The largest absolute Gasteiger partial charge is 0.416 e. The average molecular weight is 357 g/mol. The van der Waals surface area contributed by atoms with Crippen LogP contribution in [0.15, 0.2) is 54.6 Å². The summed E-state index contributed by atoms with van der Waals surface area (Å²) >= 11 is 0. The summed E-state index contributed by atoms with van der Waals surface area (Å²) in [6.45, 7) is 0. The normalized spacial score (nSPS) is 11.2. The van der Waals surface area contributed by atoms with Gasteiger partial charge in [-0.15, -0.1) is 0 Å². The van der Waals surface area contributed by atoms with E-state index in [-0.39, 0.29) is 33.8 Å². The Morgan fingerprint density at radius 1 is 0.962 bits per heavy atom. The summed E-state index contributed by atoms with van der Waals surface area (Å²) in [6.07, 6.45) is -4.53. The Kier molecular flexibility index (Phi) is 4.34. The van der Waals surface area contributed by atoms with Crippen LogP contribution >= 0.6 is 0 Å². The predicted octanol–water partition coefficient (Wildman–Crippen LogP) is 5.03. The van der Waals surface area contributed by atoms with E-state index in [1.165, 1.54) is 36.4 Å². The number of rotatable bonds is 2. The van der Waals surface area contributed by atoms with Crippen molar-refractivity contribution in [1.82, 2.24) is 4.98 Å². The molecule has 2 aromatic carbocycles. The molecule has 0 aliphatic heterocycles. The molecule has 0 atom stereocenters. The molecule has 3 nitrogen and oxygen atoms in total. The van der Waals surface area contributed by atoms with Crippen LogP contribution in [0.3, 0.4) is 0 Å². The highest BCUT2D eigenvalue weighted by Gasteiger charge is 2.30. The van der Waals surface area contributed by atoms with Crippen molar-refractivity contribution in [3.63, 3.8) is 0 Å². The number of hydrogen-bond acceptors (Lipinski definition) is 3. The number of nitrogen functional groups attached to an aromatic ring is 1. The second-order valence-electron chi connectivity index (χ2n) is 5.49. The summed E-state index contributed by atoms with van der Waals surface area (Å²) in [7, 11) is 0. The lowest BCUT2D eigenvalue weighted by Gasteiger charge is -2.13. The molecule has 1 heterocycles. The Morgan fingerprint density at radius 3 is 2.35 bits per heavy atom. The third kappa shape index (κ3) is 3.22. The first-order chi connectivity index (χ1) is 12.3. The molecule has 26 heavy (non-hydrogen) atoms. The maximum atomic E-state index is 14.0. The van der Waals surface area contributed by atoms with Crippen molar-refractivity contribution in [2.45, 2.75) is 6.18 Å². The maximum Gasteiger partial charge on any atom is 0.416 e. The third-order valence-electron chi connectivity index (χ3n) is 3.81. The van der Waals surface area contributed by atoms with E-state index in [0.717, 1.165) is 12.1 Å². The number of alkyl halides is 3. The van der Waals surface area contributed by atoms with E-state index in [9.17, 15) is 22.8 Å². The fourth-order valence-corrected chi connectivity index (χ4v) is 2.58. The number of hydrogen-bond donors (Lipinski definition) is 1. The Bertz CT molecular complexity index is 1020. The number of benzene rings is 2. The number of nitrogens with zero attached hydrogens (tertiary/aromatic N) is 2. The van der Waals surface area contributed by atoms with E-state index in [4.69, 9.17) is 5.73 Å². The molecule has 130 valence electrons. The highest BCUT2D eigenvalue weighted by atomic mass is 19.4. The molecule has 0 fully saturated rings. The smallest absolute Gasteiger partial charge is 0.383 e. The molecule has 1 aromatic heterocycles. The Labute approximate surface area is 146 Å². The minimum Gasteiger partial charge on any atom is -0.383 e. The first-order valence-electron chi connectivity index (χ1n) is 7.44. The fraction of sp³-hybridized carbons (Fsp3) is 0.0526. The van der Waals surface area contributed by atoms with Gasteiger partial charge in [0.05, 0.1) is 11.3 Å². The molecule has 0 amide bonds. The van der Waals surface area contributed by atoms with Crippen molar-refractivity contribution < 1.29 is 17.6 Å². The van der Waals surface area contributed by atoms with Crippen LogP contribution in [0.2, 0.25) is 0 Å². The van der Waals surface area contributed by atoms with E-state index in [0.29, 0.717) is 0 Å². The van der Waals surface area contributed by atoms with Gasteiger partial charge in [-0.1, -0.05) is 24.3 Å². The van der Waals surface area contributed by atoms with Crippen LogP contribution in [0, 0.1) is 17.1 Å². The highest BCUT2D eigenvalue weighted by molar-refractivity contribution is 5.80. The summed E-state index contributed by atoms with van der Waals surface area (Å²) < 4.78 is 53.0. The zero-order valence-electron chi connectivity index (χ0n) is 13.2. The summed E-state index contributed by atoms with van der Waals surface area (Å²) in [5.41, 5.74) is 5.44. The number of pyridine rings is 1.